The Morgan fingerprint density at radius 2 is 2.39 bits per heavy atom. The molecule has 5 nitrogen and oxygen atoms in total. The number of hydrogen-bond donors (Lipinski definition) is 2. The lowest BCUT2D eigenvalue weighted by Crippen LogP contribution is -2.31. The van der Waals surface area contributed by atoms with Gasteiger partial charge in [0.05, 0.1) is 11.0 Å². The van der Waals surface area contributed by atoms with Gasteiger partial charge in [-0.25, -0.2) is 13.1 Å². The minimum Gasteiger partial charge on any atom is -0.378 e. The van der Waals surface area contributed by atoms with Crippen molar-refractivity contribution in [3.8, 4) is 0 Å². The lowest BCUT2D eigenvalue weighted by atomic mass is 10.0. The van der Waals surface area contributed by atoms with E-state index < -0.39 is 10.0 Å². The predicted octanol–water partition coefficient (Wildman–Crippen LogP) is 0.910. The SMILES string of the molecule is CC1OCCC1CNS(=O)(=O)c1csc(CN)c1. The normalized spacial score (nSPS) is 24.6. The van der Waals surface area contributed by atoms with Gasteiger partial charge in [0.15, 0.2) is 0 Å². The number of ether oxygens (including phenoxy) is 1. The molecule has 2 heterocycles. The molecule has 18 heavy (non-hydrogen) atoms. The molecule has 3 N–H and O–H groups in total. The van der Waals surface area contributed by atoms with Crippen molar-refractivity contribution in [2.24, 2.45) is 11.7 Å². The number of hydrogen-bond acceptors (Lipinski definition) is 5. The molecule has 0 radical (unpaired) electrons. The highest BCUT2D eigenvalue weighted by Crippen LogP contribution is 2.22. The summed E-state index contributed by atoms with van der Waals surface area (Å²) in [4.78, 5) is 1.17. The van der Waals surface area contributed by atoms with Crippen molar-refractivity contribution in [3.63, 3.8) is 0 Å². The smallest absolute Gasteiger partial charge is 0.241 e. The largest absolute Gasteiger partial charge is 0.378 e. The Morgan fingerprint density at radius 1 is 1.61 bits per heavy atom. The van der Waals surface area contributed by atoms with Crippen LogP contribution in [0.2, 0.25) is 0 Å². The highest BCUT2D eigenvalue weighted by molar-refractivity contribution is 7.89. The second kappa shape index (κ2) is 5.66. The van der Waals surface area contributed by atoms with Crippen molar-refractivity contribution in [3.05, 3.63) is 16.3 Å². The molecule has 102 valence electrons. The van der Waals surface area contributed by atoms with Crippen LogP contribution in [0.3, 0.4) is 0 Å². The average Bonchev–Trinajstić information content (AvgIpc) is 2.95. The Bertz CT molecular complexity index is 498. The minimum absolute atomic E-state index is 0.120. The molecule has 1 aliphatic heterocycles. The maximum Gasteiger partial charge on any atom is 0.241 e. The van der Waals surface area contributed by atoms with Crippen LogP contribution >= 0.6 is 11.3 Å². The van der Waals surface area contributed by atoms with Crippen molar-refractivity contribution < 1.29 is 13.2 Å². The standard InChI is InChI=1S/C11H18N2O3S2/c1-8-9(2-3-16-8)6-13-18(14,15)11-4-10(5-12)17-7-11/h4,7-9,13H,2-3,5-6,12H2,1H3. The molecule has 0 amide bonds. The van der Waals surface area contributed by atoms with Gasteiger partial charge >= 0.3 is 0 Å². The summed E-state index contributed by atoms with van der Waals surface area (Å²) in [7, 11) is -3.41. The maximum atomic E-state index is 12.0. The monoisotopic (exact) mass is 290 g/mol. The van der Waals surface area contributed by atoms with Crippen LogP contribution in [0.4, 0.5) is 0 Å². The van der Waals surface area contributed by atoms with Crippen LogP contribution in [-0.4, -0.2) is 27.7 Å². The first-order chi connectivity index (χ1) is 8.53. The second-order valence-electron chi connectivity index (χ2n) is 4.43. The van der Waals surface area contributed by atoms with Gasteiger partial charge < -0.3 is 10.5 Å². The molecule has 2 atom stereocenters. The Labute approximate surface area is 111 Å². The van der Waals surface area contributed by atoms with Gasteiger partial charge in [-0.15, -0.1) is 11.3 Å². The highest BCUT2D eigenvalue weighted by atomic mass is 32.2. The molecule has 7 heteroatoms. The topological polar surface area (TPSA) is 81.4 Å². The van der Waals surface area contributed by atoms with E-state index in [1.807, 2.05) is 6.92 Å². The zero-order valence-electron chi connectivity index (χ0n) is 10.3. The molecule has 0 aromatic carbocycles. The molecule has 1 aromatic rings. The van der Waals surface area contributed by atoms with E-state index in [0.717, 1.165) is 11.3 Å². The quantitative estimate of drug-likeness (QED) is 0.844. The van der Waals surface area contributed by atoms with Gasteiger partial charge in [-0.2, -0.15) is 0 Å². The Kier molecular flexibility index (Phi) is 4.39. The maximum absolute atomic E-state index is 12.0. The summed E-state index contributed by atoms with van der Waals surface area (Å²) in [6.07, 6.45) is 1.02. The predicted molar refractivity (Wildman–Crippen MR) is 70.9 cm³/mol. The summed E-state index contributed by atoms with van der Waals surface area (Å²) < 4.78 is 32.1. The van der Waals surface area contributed by atoms with E-state index in [4.69, 9.17) is 10.5 Å². The Hall–Kier alpha value is -0.470. The molecule has 1 aromatic heterocycles. The van der Waals surface area contributed by atoms with Crippen LogP contribution in [0.25, 0.3) is 0 Å². The molecule has 0 aliphatic carbocycles. The van der Waals surface area contributed by atoms with Crippen LogP contribution in [0.5, 0.6) is 0 Å². The van der Waals surface area contributed by atoms with Gasteiger partial charge in [-0.1, -0.05) is 0 Å². The number of nitrogens with one attached hydrogen (secondary N) is 1. The molecule has 1 aliphatic rings. The van der Waals surface area contributed by atoms with Crippen molar-refractivity contribution >= 4 is 21.4 Å². The number of nitrogens with two attached hydrogens (primary N) is 1. The molecule has 1 fully saturated rings. The van der Waals surface area contributed by atoms with Crippen LogP contribution in [0, 0.1) is 5.92 Å². The third-order valence-corrected chi connectivity index (χ3v) is 5.72. The first kappa shape index (κ1) is 14.0. The van der Waals surface area contributed by atoms with Gasteiger partial charge in [0.1, 0.15) is 0 Å². The van der Waals surface area contributed by atoms with E-state index >= 15 is 0 Å². The van der Waals surface area contributed by atoms with Crippen molar-refractivity contribution in [2.75, 3.05) is 13.2 Å². The van der Waals surface area contributed by atoms with E-state index in [9.17, 15) is 8.42 Å². The van der Waals surface area contributed by atoms with Crippen LogP contribution < -0.4 is 10.5 Å². The molecule has 2 unspecified atom stereocenters. The van der Waals surface area contributed by atoms with Gasteiger partial charge in [-0.3, -0.25) is 0 Å². The number of rotatable bonds is 5. The third kappa shape index (κ3) is 3.10. The first-order valence-electron chi connectivity index (χ1n) is 5.91. The Balaban J connectivity index is 1.98. The van der Waals surface area contributed by atoms with Gasteiger partial charge in [-0.05, 0) is 19.4 Å². The molecule has 0 bridgehead atoms. The lowest BCUT2D eigenvalue weighted by molar-refractivity contribution is 0.107. The van der Waals surface area contributed by atoms with Crippen molar-refractivity contribution in [1.82, 2.24) is 4.72 Å². The third-order valence-electron chi connectivity index (χ3n) is 3.21. The summed E-state index contributed by atoms with van der Waals surface area (Å²) in [5.41, 5.74) is 5.48. The molecule has 0 saturated carbocycles. The van der Waals surface area contributed by atoms with E-state index in [0.29, 0.717) is 24.6 Å². The summed E-state index contributed by atoms with van der Waals surface area (Å²) in [5.74, 6) is 0.257. The molecule has 1 saturated heterocycles. The average molecular weight is 290 g/mol. The van der Waals surface area contributed by atoms with E-state index in [2.05, 4.69) is 4.72 Å². The number of thiophene rings is 1. The zero-order chi connectivity index (χ0) is 13.2. The fourth-order valence-corrected chi connectivity index (χ4v) is 4.20. The minimum atomic E-state index is -3.41. The lowest BCUT2D eigenvalue weighted by Gasteiger charge is -2.14. The summed E-state index contributed by atoms with van der Waals surface area (Å²) in [6, 6.07) is 1.63. The van der Waals surface area contributed by atoms with Crippen LogP contribution in [0.1, 0.15) is 18.2 Å². The molecular weight excluding hydrogens is 272 g/mol. The van der Waals surface area contributed by atoms with Crippen LogP contribution in [-0.2, 0) is 21.3 Å². The molecule has 2 rings (SSSR count). The first-order valence-corrected chi connectivity index (χ1v) is 8.28. The van der Waals surface area contributed by atoms with E-state index in [1.54, 1.807) is 11.4 Å². The summed E-state index contributed by atoms with van der Waals surface area (Å²) in [5, 5.41) is 1.62. The number of sulfonamides is 1. The Morgan fingerprint density at radius 3 is 2.94 bits per heavy atom. The second-order valence-corrected chi connectivity index (χ2v) is 7.19. The van der Waals surface area contributed by atoms with Crippen molar-refractivity contribution in [2.45, 2.75) is 30.9 Å². The van der Waals surface area contributed by atoms with Gasteiger partial charge in [0, 0.05) is 35.9 Å². The fraction of sp³-hybridized carbons (Fsp3) is 0.636. The highest BCUT2D eigenvalue weighted by Gasteiger charge is 2.26. The van der Waals surface area contributed by atoms with Gasteiger partial charge in [0.25, 0.3) is 0 Å². The van der Waals surface area contributed by atoms with Crippen LogP contribution in [0.15, 0.2) is 16.3 Å². The molecular formula is C11H18N2O3S2. The van der Waals surface area contributed by atoms with E-state index in [1.165, 1.54) is 11.3 Å². The zero-order valence-corrected chi connectivity index (χ0v) is 11.9. The summed E-state index contributed by atoms with van der Waals surface area (Å²) in [6.45, 7) is 3.48. The van der Waals surface area contributed by atoms with E-state index in [-0.39, 0.29) is 12.0 Å². The molecule has 0 spiro atoms. The fourth-order valence-electron chi connectivity index (χ4n) is 1.95. The summed E-state index contributed by atoms with van der Waals surface area (Å²) >= 11 is 1.37. The van der Waals surface area contributed by atoms with Crippen molar-refractivity contribution in [1.29, 1.82) is 0 Å². The van der Waals surface area contributed by atoms with Gasteiger partial charge in [0.2, 0.25) is 10.0 Å².